The highest BCUT2D eigenvalue weighted by molar-refractivity contribution is 8.18. The Balaban J connectivity index is 1.48. The third-order valence-electron chi connectivity index (χ3n) is 5.77. The lowest BCUT2D eigenvalue weighted by molar-refractivity contribution is -0.122. The number of thioether (sulfide) groups is 1. The van der Waals surface area contributed by atoms with Crippen molar-refractivity contribution in [2.24, 2.45) is 0 Å². The van der Waals surface area contributed by atoms with Crippen LogP contribution in [0.5, 0.6) is 5.75 Å². The molecule has 8 heteroatoms. The molecule has 182 valence electrons. The van der Waals surface area contributed by atoms with Crippen molar-refractivity contribution in [3.8, 4) is 11.4 Å². The van der Waals surface area contributed by atoms with Gasteiger partial charge in [0.15, 0.2) is 0 Å². The van der Waals surface area contributed by atoms with E-state index in [1.165, 1.54) is 4.90 Å². The normalized spacial score (nSPS) is 14.9. The van der Waals surface area contributed by atoms with Gasteiger partial charge in [-0.25, -0.2) is 0 Å². The third kappa shape index (κ3) is 5.81. The molecule has 0 unspecified atom stereocenters. The summed E-state index contributed by atoms with van der Waals surface area (Å²) in [6.45, 7) is 5.36. The SMILES string of the molecule is COCCCN1C(=O)S/C(=C/c2cc(C)n(-c3ccc(OCc4ccc(Cl)cc4)cc3)c2C)C1=O. The summed E-state index contributed by atoms with van der Waals surface area (Å²) in [7, 11) is 1.60. The molecule has 1 aromatic heterocycles. The van der Waals surface area contributed by atoms with Gasteiger partial charge in [-0.3, -0.25) is 14.5 Å². The Labute approximate surface area is 214 Å². The molecule has 3 aromatic rings. The standard InChI is InChI=1S/C27H27ClN2O4S/c1-18-15-21(16-25-26(31)29(27(32)35-25)13-4-14-33-3)19(2)30(18)23-9-11-24(12-10-23)34-17-20-5-7-22(28)8-6-20/h5-12,15-16H,4,13-14,17H2,1-3H3/b25-16+. The highest BCUT2D eigenvalue weighted by Gasteiger charge is 2.34. The van der Waals surface area contributed by atoms with Gasteiger partial charge < -0.3 is 14.0 Å². The first kappa shape index (κ1) is 25.1. The largest absolute Gasteiger partial charge is 0.489 e. The molecule has 0 atom stereocenters. The smallest absolute Gasteiger partial charge is 0.293 e. The van der Waals surface area contributed by atoms with Crippen LogP contribution in [0.3, 0.4) is 0 Å². The van der Waals surface area contributed by atoms with Gasteiger partial charge in [0.25, 0.3) is 11.1 Å². The molecule has 1 aliphatic rings. The van der Waals surface area contributed by atoms with Crippen LogP contribution in [0.1, 0.15) is 28.9 Å². The lowest BCUT2D eigenvalue weighted by Gasteiger charge is -2.12. The van der Waals surface area contributed by atoms with Crippen molar-refractivity contribution in [2.45, 2.75) is 26.9 Å². The second-order valence-electron chi connectivity index (χ2n) is 8.25. The number of aryl methyl sites for hydroxylation is 1. The van der Waals surface area contributed by atoms with Gasteiger partial charge in [-0.2, -0.15) is 0 Å². The number of carbonyl (C=O) groups excluding carboxylic acids is 2. The minimum Gasteiger partial charge on any atom is -0.489 e. The number of halogens is 1. The number of aromatic nitrogens is 1. The number of nitrogens with zero attached hydrogens (tertiary/aromatic N) is 2. The maximum Gasteiger partial charge on any atom is 0.293 e. The predicted octanol–water partition coefficient (Wildman–Crippen LogP) is 6.40. The van der Waals surface area contributed by atoms with Crippen molar-refractivity contribution in [3.63, 3.8) is 0 Å². The third-order valence-corrected chi connectivity index (χ3v) is 6.93. The zero-order valence-corrected chi connectivity index (χ0v) is 21.5. The molecule has 0 N–H and O–H groups in total. The molecule has 0 bridgehead atoms. The van der Waals surface area contributed by atoms with Crippen LogP contribution in [-0.2, 0) is 16.1 Å². The fourth-order valence-corrected chi connectivity index (χ4v) is 4.95. The summed E-state index contributed by atoms with van der Waals surface area (Å²) in [5, 5.41) is 0.466. The number of hydrogen-bond acceptors (Lipinski definition) is 5. The molecule has 1 aliphatic heterocycles. The molecular weight excluding hydrogens is 484 g/mol. The van der Waals surface area contributed by atoms with Crippen LogP contribution < -0.4 is 4.74 Å². The number of methoxy groups -OCH3 is 1. The summed E-state index contributed by atoms with van der Waals surface area (Å²) in [6, 6.07) is 17.5. The van der Waals surface area contributed by atoms with E-state index in [1.807, 2.05) is 74.5 Å². The van der Waals surface area contributed by atoms with Gasteiger partial charge in [-0.15, -0.1) is 0 Å². The minimum absolute atomic E-state index is 0.236. The number of carbonyl (C=O) groups is 2. The number of rotatable bonds is 9. The average molecular weight is 511 g/mol. The average Bonchev–Trinajstić information content (AvgIpc) is 3.28. The zero-order chi connectivity index (χ0) is 24.9. The Morgan fingerprint density at radius 2 is 1.74 bits per heavy atom. The van der Waals surface area contributed by atoms with E-state index in [1.54, 1.807) is 7.11 Å². The van der Waals surface area contributed by atoms with Crippen molar-refractivity contribution in [1.29, 1.82) is 0 Å². The molecule has 0 radical (unpaired) electrons. The van der Waals surface area contributed by atoms with Crippen molar-refractivity contribution >= 4 is 40.6 Å². The van der Waals surface area contributed by atoms with Crippen LogP contribution in [0.25, 0.3) is 11.8 Å². The first-order chi connectivity index (χ1) is 16.9. The van der Waals surface area contributed by atoms with Crippen LogP contribution >= 0.6 is 23.4 Å². The summed E-state index contributed by atoms with van der Waals surface area (Å²) in [5.41, 5.74) is 4.97. The highest BCUT2D eigenvalue weighted by atomic mass is 35.5. The molecule has 4 rings (SSSR count). The van der Waals surface area contributed by atoms with E-state index in [-0.39, 0.29) is 11.1 Å². The molecule has 0 saturated carbocycles. The fraction of sp³-hybridized carbons (Fsp3) is 0.259. The molecule has 2 amide bonds. The molecule has 2 heterocycles. The molecular formula is C27H27ClN2O4S. The van der Waals surface area contributed by atoms with E-state index < -0.39 is 0 Å². The highest BCUT2D eigenvalue weighted by Crippen LogP contribution is 2.34. The molecule has 6 nitrogen and oxygen atoms in total. The maximum absolute atomic E-state index is 12.8. The second-order valence-corrected chi connectivity index (χ2v) is 9.68. The van der Waals surface area contributed by atoms with Crippen LogP contribution in [0.4, 0.5) is 4.79 Å². The van der Waals surface area contributed by atoms with E-state index in [0.29, 0.717) is 36.1 Å². The number of ether oxygens (including phenoxy) is 2. The molecule has 0 spiro atoms. The molecule has 35 heavy (non-hydrogen) atoms. The Kier molecular flexibility index (Phi) is 8.00. The topological polar surface area (TPSA) is 60.8 Å². The molecule has 1 fully saturated rings. The lowest BCUT2D eigenvalue weighted by atomic mass is 10.2. The van der Waals surface area contributed by atoms with E-state index in [2.05, 4.69) is 4.57 Å². The quantitative estimate of drug-likeness (QED) is 0.246. The van der Waals surface area contributed by atoms with Crippen molar-refractivity contribution in [3.05, 3.63) is 87.0 Å². The summed E-state index contributed by atoms with van der Waals surface area (Å²) < 4.78 is 13.0. The maximum atomic E-state index is 12.8. The van der Waals surface area contributed by atoms with E-state index in [0.717, 1.165) is 45.7 Å². The number of amides is 2. The summed E-state index contributed by atoms with van der Waals surface area (Å²) in [4.78, 5) is 26.8. The Morgan fingerprint density at radius 3 is 2.43 bits per heavy atom. The van der Waals surface area contributed by atoms with E-state index in [4.69, 9.17) is 21.1 Å². The van der Waals surface area contributed by atoms with Gasteiger partial charge in [-0.1, -0.05) is 23.7 Å². The van der Waals surface area contributed by atoms with Crippen LogP contribution in [0.2, 0.25) is 5.02 Å². The van der Waals surface area contributed by atoms with E-state index >= 15 is 0 Å². The fourth-order valence-electron chi connectivity index (χ4n) is 3.97. The van der Waals surface area contributed by atoms with Crippen LogP contribution in [0, 0.1) is 13.8 Å². The summed E-state index contributed by atoms with van der Waals surface area (Å²) >= 11 is 6.92. The lowest BCUT2D eigenvalue weighted by Crippen LogP contribution is -2.29. The van der Waals surface area contributed by atoms with Gasteiger partial charge >= 0.3 is 0 Å². The molecule has 2 aromatic carbocycles. The van der Waals surface area contributed by atoms with Gasteiger partial charge in [-0.05, 0) is 91.7 Å². The van der Waals surface area contributed by atoms with Gasteiger partial charge in [0, 0.05) is 42.4 Å². The second kappa shape index (κ2) is 11.2. The van der Waals surface area contributed by atoms with E-state index in [9.17, 15) is 9.59 Å². The first-order valence-electron chi connectivity index (χ1n) is 11.3. The zero-order valence-electron chi connectivity index (χ0n) is 19.9. The van der Waals surface area contributed by atoms with Gasteiger partial charge in [0.05, 0.1) is 4.91 Å². The molecule has 0 aliphatic carbocycles. The van der Waals surface area contributed by atoms with Crippen molar-refractivity contribution < 1.29 is 19.1 Å². The number of imide groups is 1. The number of hydrogen-bond donors (Lipinski definition) is 0. The summed E-state index contributed by atoms with van der Waals surface area (Å²) in [6.07, 6.45) is 2.43. The Bertz CT molecular complexity index is 1250. The monoisotopic (exact) mass is 510 g/mol. The van der Waals surface area contributed by atoms with Crippen molar-refractivity contribution in [1.82, 2.24) is 9.47 Å². The Hall–Kier alpha value is -3.00. The van der Waals surface area contributed by atoms with Crippen molar-refractivity contribution in [2.75, 3.05) is 20.3 Å². The number of benzene rings is 2. The van der Waals surface area contributed by atoms with Gasteiger partial charge in [0.2, 0.25) is 0 Å². The first-order valence-corrected chi connectivity index (χ1v) is 12.5. The van der Waals surface area contributed by atoms with Crippen LogP contribution in [-0.4, -0.2) is 40.9 Å². The Morgan fingerprint density at radius 1 is 1.03 bits per heavy atom. The van der Waals surface area contributed by atoms with Gasteiger partial charge in [0.1, 0.15) is 12.4 Å². The summed E-state index contributed by atoms with van der Waals surface area (Å²) in [5.74, 6) is 0.525. The van der Waals surface area contributed by atoms with Crippen LogP contribution in [0.15, 0.2) is 59.5 Å². The molecule has 1 saturated heterocycles. The predicted molar refractivity (Wildman–Crippen MR) is 140 cm³/mol. The minimum atomic E-state index is -0.247.